The van der Waals surface area contributed by atoms with Crippen molar-refractivity contribution in [1.29, 1.82) is 0 Å². The Balaban J connectivity index is 1.59. The SMILES string of the molecule is c1ccc(OCCCN2CCCNCC2)cc1. The molecule has 1 saturated heterocycles. The highest BCUT2D eigenvalue weighted by molar-refractivity contribution is 5.20. The van der Waals surface area contributed by atoms with Crippen LogP contribution in [0.15, 0.2) is 30.3 Å². The lowest BCUT2D eigenvalue weighted by Gasteiger charge is -2.19. The number of rotatable bonds is 5. The third-order valence-electron chi connectivity index (χ3n) is 3.06. The van der Waals surface area contributed by atoms with Gasteiger partial charge in [-0.25, -0.2) is 0 Å². The molecule has 0 radical (unpaired) electrons. The lowest BCUT2D eigenvalue weighted by molar-refractivity contribution is 0.244. The Morgan fingerprint density at radius 2 is 2.00 bits per heavy atom. The van der Waals surface area contributed by atoms with E-state index < -0.39 is 0 Å². The molecule has 1 aliphatic heterocycles. The van der Waals surface area contributed by atoms with Crippen molar-refractivity contribution in [2.75, 3.05) is 39.3 Å². The van der Waals surface area contributed by atoms with Gasteiger partial charge < -0.3 is 15.0 Å². The zero-order chi connectivity index (χ0) is 11.8. The molecule has 2 rings (SSSR count). The molecule has 0 unspecified atom stereocenters. The normalized spacial score (nSPS) is 17.6. The maximum atomic E-state index is 5.69. The first-order chi connectivity index (χ1) is 8.45. The van der Waals surface area contributed by atoms with E-state index in [1.54, 1.807) is 0 Å². The first kappa shape index (κ1) is 12.4. The van der Waals surface area contributed by atoms with Crippen LogP contribution in [0.4, 0.5) is 0 Å². The van der Waals surface area contributed by atoms with Crippen LogP contribution in [0.5, 0.6) is 5.75 Å². The Morgan fingerprint density at radius 3 is 2.88 bits per heavy atom. The predicted octanol–water partition coefficient (Wildman–Crippen LogP) is 1.75. The fourth-order valence-electron chi connectivity index (χ4n) is 2.12. The van der Waals surface area contributed by atoms with Crippen molar-refractivity contribution >= 4 is 0 Å². The van der Waals surface area contributed by atoms with Crippen molar-refractivity contribution in [3.05, 3.63) is 30.3 Å². The van der Waals surface area contributed by atoms with Gasteiger partial charge in [0.1, 0.15) is 5.75 Å². The summed E-state index contributed by atoms with van der Waals surface area (Å²) in [5, 5.41) is 3.42. The van der Waals surface area contributed by atoms with Gasteiger partial charge in [0.05, 0.1) is 6.61 Å². The van der Waals surface area contributed by atoms with Crippen LogP contribution < -0.4 is 10.1 Å². The molecule has 0 bridgehead atoms. The molecule has 0 aromatic heterocycles. The fraction of sp³-hybridized carbons (Fsp3) is 0.571. The minimum absolute atomic E-state index is 0.813. The van der Waals surface area contributed by atoms with Crippen molar-refractivity contribution in [1.82, 2.24) is 10.2 Å². The summed E-state index contributed by atoms with van der Waals surface area (Å²) < 4.78 is 5.69. The molecule has 0 saturated carbocycles. The Bertz CT molecular complexity index is 294. The highest BCUT2D eigenvalue weighted by Gasteiger charge is 2.07. The Morgan fingerprint density at radius 1 is 1.12 bits per heavy atom. The van der Waals surface area contributed by atoms with Gasteiger partial charge in [-0.05, 0) is 38.1 Å². The average molecular weight is 234 g/mol. The minimum atomic E-state index is 0.813. The standard InChI is InChI=1S/C14H22N2O/c1-2-6-14(7-3-1)17-13-5-11-16-10-4-8-15-9-12-16/h1-3,6-7,15H,4-5,8-13H2. The van der Waals surface area contributed by atoms with E-state index in [9.17, 15) is 0 Å². The molecule has 1 N–H and O–H groups in total. The molecule has 1 aromatic rings. The Labute approximate surface area is 104 Å². The van der Waals surface area contributed by atoms with Gasteiger partial charge in [0.25, 0.3) is 0 Å². The van der Waals surface area contributed by atoms with E-state index >= 15 is 0 Å². The quantitative estimate of drug-likeness (QED) is 0.786. The van der Waals surface area contributed by atoms with Crippen molar-refractivity contribution in [3.8, 4) is 5.75 Å². The molecule has 17 heavy (non-hydrogen) atoms. The summed E-state index contributed by atoms with van der Waals surface area (Å²) in [5.41, 5.74) is 0. The van der Waals surface area contributed by atoms with Gasteiger partial charge in [-0.1, -0.05) is 18.2 Å². The van der Waals surface area contributed by atoms with Crippen LogP contribution >= 0.6 is 0 Å². The molecule has 1 heterocycles. The molecular formula is C14H22N2O. The van der Waals surface area contributed by atoms with Gasteiger partial charge in [-0.15, -0.1) is 0 Å². The van der Waals surface area contributed by atoms with E-state index in [-0.39, 0.29) is 0 Å². The van der Waals surface area contributed by atoms with E-state index in [1.807, 2.05) is 30.3 Å². The molecule has 1 aromatic carbocycles. The monoisotopic (exact) mass is 234 g/mol. The van der Waals surface area contributed by atoms with E-state index in [2.05, 4.69) is 10.2 Å². The summed E-state index contributed by atoms with van der Waals surface area (Å²) in [7, 11) is 0. The zero-order valence-corrected chi connectivity index (χ0v) is 10.4. The van der Waals surface area contributed by atoms with Crippen LogP contribution in [0.2, 0.25) is 0 Å². The summed E-state index contributed by atoms with van der Waals surface area (Å²) in [6.07, 6.45) is 2.37. The lowest BCUT2D eigenvalue weighted by Crippen LogP contribution is -2.29. The molecule has 3 heteroatoms. The van der Waals surface area contributed by atoms with E-state index in [0.717, 1.165) is 38.4 Å². The van der Waals surface area contributed by atoms with E-state index in [4.69, 9.17) is 4.74 Å². The number of benzene rings is 1. The van der Waals surface area contributed by atoms with Crippen LogP contribution in [0, 0.1) is 0 Å². The predicted molar refractivity (Wildman–Crippen MR) is 70.5 cm³/mol. The molecule has 0 aliphatic carbocycles. The van der Waals surface area contributed by atoms with Gasteiger partial charge in [-0.3, -0.25) is 0 Å². The smallest absolute Gasteiger partial charge is 0.119 e. The first-order valence-electron chi connectivity index (χ1n) is 6.56. The Kier molecular flexibility index (Phi) is 5.33. The molecule has 1 aliphatic rings. The molecule has 0 amide bonds. The topological polar surface area (TPSA) is 24.5 Å². The van der Waals surface area contributed by atoms with Crippen LogP contribution in [-0.2, 0) is 0 Å². The maximum Gasteiger partial charge on any atom is 0.119 e. The summed E-state index contributed by atoms with van der Waals surface area (Å²) in [4.78, 5) is 2.52. The summed E-state index contributed by atoms with van der Waals surface area (Å²) in [6, 6.07) is 10.1. The van der Waals surface area contributed by atoms with Crippen molar-refractivity contribution in [2.24, 2.45) is 0 Å². The number of ether oxygens (including phenoxy) is 1. The van der Waals surface area contributed by atoms with Crippen molar-refractivity contribution < 1.29 is 4.74 Å². The van der Waals surface area contributed by atoms with Crippen molar-refractivity contribution in [3.63, 3.8) is 0 Å². The van der Waals surface area contributed by atoms with Crippen LogP contribution in [0.3, 0.4) is 0 Å². The van der Waals surface area contributed by atoms with E-state index in [0.29, 0.717) is 0 Å². The summed E-state index contributed by atoms with van der Waals surface area (Å²) in [6.45, 7) is 6.64. The maximum absolute atomic E-state index is 5.69. The third-order valence-corrected chi connectivity index (χ3v) is 3.06. The highest BCUT2D eigenvalue weighted by atomic mass is 16.5. The van der Waals surface area contributed by atoms with Crippen molar-refractivity contribution in [2.45, 2.75) is 12.8 Å². The average Bonchev–Trinajstić information content (AvgIpc) is 2.65. The highest BCUT2D eigenvalue weighted by Crippen LogP contribution is 2.08. The summed E-state index contributed by atoms with van der Waals surface area (Å²) >= 11 is 0. The zero-order valence-electron chi connectivity index (χ0n) is 10.4. The first-order valence-corrected chi connectivity index (χ1v) is 6.56. The molecule has 94 valence electrons. The number of nitrogens with one attached hydrogen (secondary N) is 1. The van der Waals surface area contributed by atoms with Gasteiger partial charge in [-0.2, -0.15) is 0 Å². The largest absolute Gasteiger partial charge is 0.494 e. The second-order valence-corrected chi connectivity index (χ2v) is 4.46. The van der Waals surface area contributed by atoms with Gasteiger partial charge in [0.2, 0.25) is 0 Å². The van der Waals surface area contributed by atoms with Crippen LogP contribution in [0.1, 0.15) is 12.8 Å². The molecular weight excluding hydrogens is 212 g/mol. The third kappa shape index (κ3) is 4.75. The fourth-order valence-corrected chi connectivity index (χ4v) is 2.12. The second-order valence-electron chi connectivity index (χ2n) is 4.46. The number of para-hydroxylation sites is 1. The number of hydrogen-bond donors (Lipinski definition) is 1. The molecule has 1 fully saturated rings. The summed E-state index contributed by atoms with van der Waals surface area (Å²) in [5.74, 6) is 0.977. The lowest BCUT2D eigenvalue weighted by atomic mass is 10.3. The molecule has 3 nitrogen and oxygen atoms in total. The number of hydrogen-bond acceptors (Lipinski definition) is 3. The van der Waals surface area contributed by atoms with Gasteiger partial charge in [0.15, 0.2) is 0 Å². The minimum Gasteiger partial charge on any atom is -0.494 e. The van der Waals surface area contributed by atoms with Gasteiger partial charge in [0, 0.05) is 19.6 Å². The Hall–Kier alpha value is -1.06. The number of nitrogens with zero attached hydrogens (tertiary/aromatic N) is 1. The van der Waals surface area contributed by atoms with Crippen LogP contribution in [-0.4, -0.2) is 44.2 Å². The van der Waals surface area contributed by atoms with Gasteiger partial charge >= 0.3 is 0 Å². The van der Waals surface area contributed by atoms with E-state index in [1.165, 1.54) is 19.5 Å². The molecule has 0 spiro atoms. The van der Waals surface area contributed by atoms with Crippen LogP contribution in [0.25, 0.3) is 0 Å². The second kappa shape index (κ2) is 7.30. The molecule has 0 atom stereocenters.